The Labute approximate surface area is 61.0 Å². The smallest absolute Gasteiger partial charge is 0.318 e. The highest BCUT2D eigenvalue weighted by molar-refractivity contribution is 7.81. The predicted octanol–water partition coefficient (Wildman–Crippen LogP) is 1.26. The number of carbonyl (C=O) groups is 1. The molecule has 9 heavy (non-hydrogen) atoms. The Morgan fingerprint density at radius 3 is 2.67 bits per heavy atom. The molecule has 3 heteroatoms. The van der Waals surface area contributed by atoms with Gasteiger partial charge in [-0.2, -0.15) is 12.6 Å². The van der Waals surface area contributed by atoms with Crippen LogP contribution in [0.3, 0.4) is 0 Å². The molecule has 0 N–H and O–H groups in total. The van der Waals surface area contributed by atoms with Gasteiger partial charge in [0.25, 0.3) is 0 Å². The maximum atomic E-state index is 10.6. The molecule has 0 aliphatic rings. The summed E-state index contributed by atoms with van der Waals surface area (Å²) < 4.78 is 4.74. The van der Waals surface area contributed by atoms with E-state index in [-0.39, 0.29) is 11.2 Å². The minimum Gasteiger partial charge on any atom is -0.465 e. The van der Waals surface area contributed by atoms with Crippen LogP contribution in [0.25, 0.3) is 0 Å². The molecule has 0 aliphatic heterocycles. The average Bonchev–Trinajstić information content (AvgIpc) is 1.82. The topological polar surface area (TPSA) is 26.3 Å². The minimum atomic E-state index is -0.295. The third kappa shape index (κ3) is 4.33. The molecule has 0 aliphatic carbocycles. The standard InChI is InChI=1S/C6H12O2S/c1-3-4-8-6(7)5(2)9/h5,9H,3-4H2,1-2H3. The SMILES string of the molecule is CCCOC(=O)C(C)S. The van der Waals surface area contributed by atoms with Gasteiger partial charge in [-0.3, -0.25) is 4.79 Å². The Balaban J connectivity index is 3.28. The Hall–Kier alpha value is -0.180. The second-order valence-corrected chi connectivity index (χ2v) is 2.62. The highest BCUT2D eigenvalue weighted by atomic mass is 32.1. The quantitative estimate of drug-likeness (QED) is 0.481. The van der Waals surface area contributed by atoms with Crippen LogP contribution in [-0.4, -0.2) is 17.8 Å². The van der Waals surface area contributed by atoms with Gasteiger partial charge in [0.05, 0.1) is 11.9 Å². The van der Waals surface area contributed by atoms with Crippen LogP contribution in [0, 0.1) is 0 Å². The lowest BCUT2D eigenvalue weighted by Gasteiger charge is -2.03. The Kier molecular flexibility index (Phi) is 4.58. The summed E-state index contributed by atoms with van der Waals surface area (Å²) in [6.07, 6.45) is 0.867. The van der Waals surface area contributed by atoms with Crippen molar-refractivity contribution in [2.75, 3.05) is 6.61 Å². The zero-order valence-corrected chi connectivity index (χ0v) is 6.65. The molecule has 0 amide bonds. The van der Waals surface area contributed by atoms with Crippen molar-refractivity contribution in [3.63, 3.8) is 0 Å². The first kappa shape index (κ1) is 8.82. The van der Waals surface area contributed by atoms with E-state index < -0.39 is 0 Å². The molecule has 0 rings (SSSR count). The van der Waals surface area contributed by atoms with Crippen molar-refractivity contribution in [1.29, 1.82) is 0 Å². The lowest BCUT2D eigenvalue weighted by molar-refractivity contribution is -0.142. The Bertz CT molecular complexity index is 91.1. The Morgan fingerprint density at radius 1 is 1.78 bits per heavy atom. The van der Waals surface area contributed by atoms with E-state index in [1.54, 1.807) is 6.92 Å². The lowest BCUT2D eigenvalue weighted by atomic mass is 10.5. The minimum absolute atomic E-state index is 0.236. The van der Waals surface area contributed by atoms with Crippen LogP contribution in [0.2, 0.25) is 0 Å². The molecule has 0 aromatic rings. The van der Waals surface area contributed by atoms with Gasteiger partial charge >= 0.3 is 5.97 Å². The van der Waals surface area contributed by atoms with Crippen LogP contribution < -0.4 is 0 Å². The fourth-order valence-corrected chi connectivity index (χ4v) is 0.398. The summed E-state index contributed by atoms with van der Waals surface area (Å²) in [6, 6.07) is 0. The van der Waals surface area contributed by atoms with Crippen molar-refractivity contribution in [2.24, 2.45) is 0 Å². The van der Waals surface area contributed by atoms with Gasteiger partial charge in [0.15, 0.2) is 0 Å². The number of carbonyl (C=O) groups excluding carboxylic acids is 1. The van der Waals surface area contributed by atoms with Gasteiger partial charge < -0.3 is 4.74 Å². The van der Waals surface area contributed by atoms with Crippen LogP contribution in [-0.2, 0) is 9.53 Å². The van der Waals surface area contributed by atoms with Crippen molar-refractivity contribution in [1.82, 2.24) is 0 Å². The van der Waals surface area contributed by atoms with Crippen LogP contribution in [0.15, 0.2) is 0 Å². The first-order chi connectivity index (χ1) is 4.18. The average molecular weight is 148 g/mol. The number of ether oxygens (including phenoxy) is 1. The summed E-state index contributed by atoms with van der Waals surface area (Å²) in [7, 11) is 0. The summed E-state index contributed by atoms with van der Waals surface area (Å²) in [5.41, 5.74) is 0. The molecule has 0 aromatic heterocycles. The van der Waals surface area contributed by atoms with E-state index in [9.17, 15) is 4.79 Å². The molecular weight excluding hydrogens is 136 g/mol. The van der Waals surface area contributed by atoms with Gasteiger partial charge in [0, 0.05) is 0 Å². The fourth-order valence-electron chi connectivity index (χ4n) is 0.323. The van der Waals surface area contributed by atoms with Crippen LogP contribution in [0.4, 0.5) is 0 Å². The molecule has 1 atom stereocenters. The van der Waals surface area contributed by atoms with Crippen molar-refractivity contribution >= 4 is 18.6 Å². The molecule has 0 spiro atoms. The first-order valence-electron chi connectivity index (χ1n) is 3.03. The van der Waals surface area contributed by atoms with Crippen LogP contribution >= 0.6 is 12.6 Å². The molecule has 2 nitrogen and oxygen atoms in total. The molecule has 0 heterocycles. The van der Waals surface area contributed by atoms with Gasteiger partial charge in [-0.25, -0.2) is 0 Å². The van der Waals surface area contributed by atoms with Crippen molar-refractivity contribution in [3.05, 3.63) is 0 Å². The zero-order valence-electron chi connectivity index (χ0n) is 5.76. The summed E-state index contributed by atoms with van der Waals surface area (Å²) in [4.78, 5) is 10.6. The normalized spacial score (nSPS) is 12.8. The molecule has 0 radical (unpaired) electrons. The van der Waals surface area contributed by atoms with Gasteiger partial charge in [0.1, 0.15) is 0 Å². The fraction of sp³-hybridized carbons (Fsp3) is 0.833. The van der Waals surface area contributed by atoms with Gasteiger partial charge in [-0.05, 0) is 13.3 Å². The number of esters is 1. The monoisotopic (exact) mass is 148 g/mol. The maximum absolute atomic E-state index is 10.6. The molecule has 1 unspecified atom stereocenters. The van der Waals surface area contributed by atoms with E-state index in [1.807, 2.05) is 6.92 Å². The summed E-state index contributed by atoms with van der Waals surface area (Å²) in [6.45, 7) is 4.15. The third-order valence-corrected chi connectivity index (χ3v) is 1.00. The molecular formula is C6H12O2S. The number of thiol groups is 1. The summed E-state index contributed by atoms with van der Waals surface area (Å²) in [5, 5.41) is -0.295. The second kappa shape index (κ2) is 4.68. The first-order valence-corrected chi connectivity index (χ1v) is 3.54. The van der Waals surface area contributed by atoms with E-state index >= 15 is 0 Å². The third-order valence-electron chi connectivity index (χ3n) is 0.790. The van der Waals surface area contributed by atoms with E-state index in [1.165, 1.54) is 0 Å². The molecule has 54 valence electrons. The van der Waals surface area contributed by atoms with Gasteiger partial charge in [0.2, 0.25) is 0 Å². The maximum Gasteiger partial charge on any atom is 0.318 e. The zero-order chi connectivity index (χ0) is 7.28. The van der Waals surface area contributed by atoms with Gasteiger partial charge in [-0.1, -0.05) is 6.92 Å². The molecule has 0 saturated carbocycles. The van der Waals surface area contributed by atoms with Crippen molar-refractivity contribution in [2.45, 2.75) is 25.5 Å². The largest absolute Gasteiger partial charge is 0.465 e. The second-order valence-electron chi connectivity index (χ2n) is 1.84. The van der Waals surface area contributed by atoms with Crippen LogP contribution in [0.1, 0.15) is 20.3 Å². The van der Waals surface area contributed by atoms with Gasteiger partial charge in [-0.15, -0.1) is 0 Å². The summed E-state index contributed by atoms with van der Waals surface area (Å²) in [5.74, 6) is -0.236. The van der Waals surface area contributed by atoms with E-state index in [0.717, 1.165) is 6.42 Å². The van der Waals surface area contributed by atoms with Crippen LogP contribution in [0.5, 0.6) is 0 Å². The Morgan fingerprint density at radius 2 is 2.33 bits per heavy atom. The van der Waals surface area contributed by atoms with Crippen molar-refractivity contribution < 1.29 is 9.53 Å². The highest BCUT2D eigenvalue weighted by Gasteiger charge is 2.06. The van der Waals surface area contributed by atoms with E-state index in [0.29, 0.717) is 6.61 Å². The lowest BCUT2D eigenvalue weighted by Crippen LogP contribution is -2.14. The molecule has 0 saturated heterocycles. The highest BCUT2D eigenvalue weighted by Crippen LogP contribution is 1.95. The van der Waals surface area contributed by atoms with E-state index in [4.69, 9.17) is 4.74 Å². The van der Waals surface area contributed by atoms with E-state index in [2.05, 4.69) is 12.6 Å². The number of hydrogen-bond donors (Lipinski definition) is 1. The number of hydrogen-bond acceptors (Lipinski definition) is 3. The predicted molar refractivity (Wildman–Crippen MR) is 39.7 cm³/mol. The van der Waals surface area contributed by atoms with Crippen molar-refractivity contribution in [3.8, 4) is 0 Å². The molecule has 0 bridgehead atoms. The summed E-state index contributed by atoms with van der Waals surface area (Å²) >= 11 is 3.89. The molecule has 0 fully saturated rings. The molecule has 0 aromatic carbocycles. The number of rotatable bonds is 3.